The normalized spacial score (nSPS) is 19.5. The number of hydrogen-bond donors (Lipinski definition) is 5. The Morgan fingerprint density at radius 1 is 0.915 bits per heavy atom. The molecule has 0 radical (unpaired) electrons. The van der Waals surface area contributed by atoms with Crippen LogP contribution in [0.1, 0.15) is 82.7 Å². The molecule has 1 unspecified atom stereocenters. The number of piperidine rings is 1. The van der Waals surface area contributed by atoms with Gasteiger partial charge in [-0.2, -0.15) is 0 Å². The largest absolute Gasteiger partial charge is 0.507 e. The lowest BCUT2D eigenvalue weighted by Gasteiger charge is -2.37. The number of nitrogen functional groups attached to an aromatic ring is 1. The molecule has 3 saturated heterocycles. The van der Waals surface area contributed by atoms with Crippen molar-refractivity contribution in [1.82, 2.24) is 40.5 Å². The lowest BCUT2D eigenvalue weighted by Crippen LogP contribution is -2.58. The van der Waals surface area contributed by atoms with E-state index in [0.717, 1.165) is 59.9 Å². The molecule has 0 spiro atoms. The highest BCUT2D eigenvalue weighted by Crippen LogP contribution is 2.33. The Morgan fingerprint density at radius 3 is 2.34 bits per heavy atom. The fourth-order valence-electron chi connectivity index (χ4n) is 9.64. The van der Waals surface area contributed by atoms with Crippen LogP contribution in [0.25, 0.3) is 21.7 Å². The highest BCUT2D eigenvalue weighted by Gasteiger charge is 2.45. The monoisotopic (exact) mass is 986 g/mol. The average Bonchev–Trinajstić information content (AvgIpc) is 3.98. The van der Waals surface area contributed by atoms with E-state index in [1.165, 1.54) is 10.5 Å². The first-order valence-corrected chi connectivity index (χ1v) is 25.4. The van der Waals surface area contributed by atoms with E-state index >= 15 is 0 Å². The number of nitrogens with two attached hydrogens (primary N) is 1. The Balaban J connectivity index is 0.778. The van der Waals surface area contributed by atoms with Gasteiger partial charge in [0.2, 0.25) is 23.6 Å². The number of aliphatic hydroxyl groups is 1. The van der Waals surface area contributed by atoms with Gasteiger partial charge >= 0.3 is 0 Å². The number of β-amino-alcohol motifs (C(OH)–C–C–N with tert-alkyl or cyclic N) is 1. The summed E-state index contributed by atoms with van der Waals surface area (Å²) in [4.78, 5) is 68.0. The second-order valence-corrected chi connectivity index (χ2v) is 20.9. The standard InChI is InChI=1S/C53H66N10O7S/c1-33(36-14-16-37(17-15-36)48-34(2)55-32-71-48)56-51(68)43-27-39(64)30-63(43)52(69)49(53(3,4)5)57-46(66)20-21-47(67)62-25-23-61(24-26-62)38-18-12-35(13-19-38)29-60-22-8-9-40(31-60)70-45-28-42(58-59-50(45)54)41-10-6-7-11-44(41)65/h6-7,10-19,28,32-33,39-40,43,49,64-65H,8-9,20-27,29-31H2,1-5H3,(H2,54,59)(H,56,68)(H,57,66)/t33-,39+,40?,43-,49+/m0/s1. The van der Waals surface area contributed by atoms with Crippen molar-refractivity contribution < 1.29 is 34.1 Å². The highest BCUT2D eigenvalue weighted by molar-refractivity contribution is 7.13. The molecule has 6 N–H and O–H groups in total. The molecular formula is C53H66N10O7S. The zero-order chi connectivity index (χ0) is 50.4. The van der Waals surface area contributed by atoms with Crippen molar-refractivity contribution >= 4 is 46.5 Å². The minimum absolute atomic E-state index is 0.00373. The zero-order valence-electron chi connectivity index (χ0n) is 41.2. The van der Waals surface area contributed by atoms with Crippen molar-refractivity contribution in [3.63, 3.8) is 0 Å². The fraction of sp³-hybridized carbons (Fsp3) is 0.453. The number of nitrogens with one attached hydrogen (secondary N) is 2. The maximum absolute atomic E-state index is 14.2. The summed E-state index contributed by atoms with van der Waals surface area (Å²) < 4.78 is 6.36. The molecule has 3 aliphatic heterocycles. The minimum Gasteiger partial charge on any atom is -0.507 e. The van der Waals surface area contributed by atoms with E-state index in [2.05, 4.69) is 59.9 Å². The number of amides is 4. The van der Waals surface area contributed by atoms with Crippen LogP contribution in [0.3, 0.4) is 0 Å². The number of aromatic hydroxyl groups is 1. The molecular weight excluding hydrogens is 921 g/mol. The molecule has 8 rings (SSSR count). The van der Waals surface area contributed by atoms with Crippen LogP contribution in [0.5, 0.6) is 11.5 Å². The topological polar surface area (TPSA) is 220 Å². The number of thiazole rings is 1. The van der Waals surface area contributed by atoms with Crippen LogP contribution in [0.15, 0.2) is 84.4 Å². The number of anilines is 2. The summed E-state index contributed by atoms with van der Waals surface area (Å²) in [6, 6.07) is 22.9. The van der Waals surface area contributed by atoms with E-state index in [0.29, 0.717) is 43.2 Å². The lowest BCUT2D eigenvalue weighted by atomic mass is 9.85. The van der Waals surface area contributed by atoms with E-state index in [1.54, 1.807) is 40.5 Å². The Bertz CT molecular complexity index is 2670. The van der Waals surface area contributed by atoms with Gasteiger partial charge in [-0.1, -0.05) is 69.3 Å². The number of ether oxygens (including phenoxy) is 1. The summed E-state index contributed by atoms with van der Waals surface area (Å²) in [7, 11) is 0. The summed E-state index contributed by atoms with van der Waals surface area (Å²) in [5.41, 5.74) is 13.4. The van der Waals surface area contributed by atoms with E-state index in [4.69, 9.17) is 10.5 Å². The van der Waals surface area contributed by atoms with E-state index in [1.807, 2.05) is 70.5 Å². The summed E-state index contributed by atoms with van der Waals surface area (Å²) >= 11 is 1.57. The third-order valence-electron chi connectivity index (χ3n) is 13.7. The number of phenols is 1. The summed E-state index contributed by atoms with van der Waals surface area (Å²) in [6.07, 6.45) is 0.856. The number of hydrogen-bond acceptors (Lipinski definition) is 14. The molecule has 2 aromatic heterocycles. The van der Waals surface area contributed by atoms with Crippen LogP contribution >= 0.6 is 11.3 Å². The molecule has 3 fully saturated rings. The second-order valence-electron chi connectivity index (χ2n) is 20.0. The molecule has 0 saturated carbocycles. The van der Waals surface area contributed by atoms with Crippen molar-refractivity contribution in [3.8, 4) is 33.2 Å². The van der Waals surface area contributed by atoms with Gasteiger partial charge in [0.15, 0.2) is 11.6 Å². The fourth-order valence-corrected chi connectivity index (χ4v) is 10.5. The summed E-state index contributed by atoms with van der Waals surface area (Å²) in [5.74, 6) is -0.627. The van der Waals surface area contributed by atoms with Gasteiger partial charge in [0, 0.05) is 82.4 Å². The second kappa shape index (κ2) is 22.2. The molecule has 17 nitrogen and oxygen atoms in total. The highest BCUT2D eigenvalue weighted by atomic mass is 32.1. The van der Waals surface area contributed by atoms with Crippen LogP contribution in [0, 0.1) is 12.3 Å². The SMILES string of the molecule is Cc1ncsc1-c1ccc([C@H](C)NC(=O)[C@@H]2C[C@@H](O)CN2C(=O)[C@@H](NC(=O)CCC(=O)N2CCN(c3ccc(CN4CCCC(Oc5cc(-c6ccccc6O)nnc5N)C4)cc3)CC2)C(C)(C)C)cc1. The number of carbonyl (C=O) groups is 4. The van der Waals surface area contributed by atoms with Crippen LogP contribution < -0.4 is 26.0 Å². The van der Waals surface area contributed by atoms with E-state index < -0.39 is 35.4 Å². The third-order valence-corrected chi connectivity index (χ3v) is 14.7. The number of rotatable bonds is 15. The Kier molecular flexibility index (Phi) is 15.9. The predicted molar refractivity (Wildman–Crippen MR) is 273 cm³/mol. The Labute approximate surface area is 419 Å². The van der Waals surface area contributed by atoms with Crippen molar-refractivity contribution in [3.05, 3.63) is 101 Å². The maximum atomic E-state index is 14.2. The summed E-state index contributed by atoms with van der Waals surface area (Å²) in [6.45, 7) is 14.1. The summed E-state index contributed by atoms with van der Waals surface area (Å²) in [5, 5.41) is 35.2. The average molecular weight is 987 g/mol. The van der Waals surface area contributed by atoms with Gasteiger partial charge in [0.05, 0.1) is 28.2 Å². The molecule has 18 heteroatoms. The van der Waals surface area contributed by atoms with Crippen molar-refractivity contribution in [2.75, 3.05) is 56.4 Å². The maximum Gasteiger partial charge on any atom is 0.246 e. The number of aliphatic hydroxyl groups excluding tert-OH is 1. The number of para-hydroxylation sites is 1. The predicted octanol–water partition coefficient (Wildman–Crippen LogP) is 5.71. The molecule has 5 atom stereocenters. The number of piperazine rings is 1. The van der Waals surface area contributed by atoms with Crippen LogP contribution in [-0.2, 0) is 25.7 Å². The number of benzene rings is 3. The van der Waals surface area contributed by atoms with Gasteiger partial charge in [-0.05, 0) is 79.6 Å². The van der Waals surface area contributed by atoms with Gasteiger partial charge in [-0.25, -0.2) is 4.98 Å². The molecule has 376 valence electrons. The smallest absolute Gasteiger partial charge is 0.246 e. The first-order valence-electron chi connectivity index (χ1n) is 24.5. The molecule has 4 amide bonds. The first-order chi connectivity index (χ1) is 34.0. The number of aromatic nitrogens is 3. The molecule has 0 aliphatic carbocycles. The zero-order valence-corrected chi connectivity index (χ0v) is 42.0. The van der Waals surface area contributed by atoms with Crippen molar-refractivity contribution in [2.24, 2.45) is 5.41 Å². The van der Waals surface area contributed by atoms with Gasteiger partial charge in [-0.15, -0.1) is 21.5 Å². The van der Waals surface area contributed by atoms with Crippen molar-refractivity contribution in [1.29, 1.82) is 0 Å². The molecule has 3 aromatic carbocycles. The van der Waals surface area contributed by atoms with Gasteiger partial charge in [-0.3, -0.25) is 24.1 Å². The van der Waals surface area contributed by atoms with Crippen molar-refractivity contribution in [2.45, 2.75) is 104 Å². The van der Waals surface area contributed by atoms with E-state index in [9.17, 15) is 29.4 Å². The van der Waals surface area contributed by atoms with Gasteiger partial charge < -0.3 is 46.0 Å². The number of likely N-dealkylation sites (tertiary alicyclic amines) is 2. The molecule has 5 heterocycles. The van der Waals surface area contributed by atoms with Crippen LogP contribution in [0.2, 0.25) is 0 Å². The lowest BCUT2D eigenvalue weighted by molar-refractivity contribution is -0.144. The Hall–Kier alpha value is -6.63. The number of nitrogens with zero attached hydrogens (tertiary/aromatic N) is 7. The van der Waals surface area contributed by atoms with Crippen LogP contribution in [0.4, 0.5) is 11.5 Å². The van der Waals surface area contributed by atoms with Gasteiger partial charge in [0.25, 0.3) is 0 Å². The molecule has 5 aromatic rings. The number of carbonyl (C=O) groups excluding carboxylic acids is 4. The van der Waals surface area contributed by atoms with E-state index in [-0.39, 0.29) is 61.3 Å². The molecule has 0 bridgehead atoms. The number of phenolic OH excluding ortho intramolecular Hbond substituents is 1. The van der Waals surface area contributed by atoms with Gasteiger partial charge in [0.1, 0.15) is 29.6 Å². The first kappa shape index (κ1) is 50.7. The molecule has 71 heavy (non-hydrogen) atoms. The minimum atomic E-state index is -0.992. The van der Waals surface area contributed by atoms with Crippen LogP contribution in [-0.4, -0.2) is 134 Å². The quantitative estimate of drug-likeness (QED) is 0.0851. The Morgan fingerprint density at radius 2 is 1.65 bits per heavy atom. The number of aryl methyl sites for hydroxylation is 1. The third kappa shape index (κ3) is 12.5. The molecule has 3 aliphatic rings.